The number of hydrogen-bond donors (Lipinski definition) is 1. The van der Waals surface area contributed by atoms with Crippen LogP contribution in [-0.2, 0) is 11.3 Å². The van der Waals surface area contributed by atoms with Gasteiger partial charge >= 0.3 is 5.97 Å². The molecule has 0 saturated heterocycles. The molecule has 0 radical (unpaired) electrons. The van der Waals surface area contributed by atoms with Crippen molar-refractivity contribution in [3.05, 3.63) is 12.0 Å². The molecular weight excluding hydrogens is 230 g/mol. The molecule has 1 aromatic heterocycles. The predicted molar refractivity (Wildman–Crippen MR) is 66.9 cm³/mol. The van der Waals surface area contributed by atoms with Gasteiger partial charge < -0.3 is 15.0 Å². The lowest BCUT2D eigenvalue weighted by molar-refractivity contribution is 0.0596. The summed E-state index contributed by atoms with van der Waals surface area (Å²) >= 11 is 0. The van der Waals surface area contributed by atoms with Gasteiger partial charge in [-0.15, -0.1) is 0 Å². The highest BCUT2D eigenvalue weighted by Crippen LogP contribution is 2.50. The summed E-state index contributed by atoms with van der Waals surface area (Å²) < 4.78 is 6.57. The lowest BCUT2D eigenvalue weighted by Gasteiger charge is -2.16. The van der Waals surface area contributed by atoms with Crippen molar-refractivity contribution in [2.24, 2.45) is 17.8 Å². The standard InChI is InChI=1S/C13H19N3O2/c1-18-13(17)11-12(14)16(7-15-11)6-10(8-2-3-8)9-4-5-9/h7-10H,2-6,14H2,1H3. The fourth-order valence-corrected chi connectivity index (χ4v) is 2.75. The van der Waals surface area contributed by atoms with Gasteiger partial charge in [-0.3, -0.25) is 0 Å². The number of rotatable bonds is 5. The van der Waals surface area contributed by atoms with Crippen LogP contribution in [0.2, 0.25) is 0 Å². The molecule has 1 heterocycles. The molecule has 0 aromatic carbocycles. The number of imidazole rings is 1. The molecule has 18 heavy (non-hydrogen) atoms. The number of anilines is 1. The lowest BCUT2D eigenvalue weighted by Crippen LogP contribution is -2.16. The highest BCUT2D eigenvalue weighted by Gasteiger charge is 2.41. The van der Waals surface area contributed by atoms with Crippen LogP contribution in [0.3, 0.4) is 0 Å². The summed E-state index contributed by atoms with van der Waals surface area (Å²) in [6.07, 6.45) is 7.05. The average Bonchev–Trinajstić information content (AvgIpc) is 3.26. The van der Waals surface area contributed by atoms with Crippen molar-refractivity contribution in [1.82, 2.24) is 9.55 Å². The zero-order valence-corrected chi connectivity index (χ0v) is 10.6. The monoisotopic (exact) mass is 249 g/mol. The van der Waals surface area contributed by atoms with Gasteiger partial charge in [0.1, 0.15) is 5.82 Å². The largest absolute Gasteiger partial charge is 0.464 e. The predicted octanol–water partition coefficient (Wildman–Crippen LogP) is 1.69. The topological polar surface area (TPSA) is 70.1 Å². The van der Waals surface area contributed by atoms with Crippen molar-refractivity contribution < 1.29 is 9.53 Å². The Balaban J connectivity index is 1.75. The summed E-state index contributed by atoms with van der Waals surface area (Å²) in [7, 11) is 1.35. The molecule has 5 nitrogen and oxygen atoms in total. The summed E-state index contributed by atoms with van der Waals surface area (Å²) in [5.74, 6) is 2.42. The molecule has 0 unspecified atom stereocenters. The van der Waals surface area contributed by atoms with Gasteiger partial charge in [0, 0.05) is 6.54 Å². The maximum atomic E-state index is 11.4. The van der Waals surface area contributed by atoms with Crippen molar-refractivity contribution in [3.8, 4) is 0 Å². The van der Waals surface area contributed by atoms with Crippen molar-refractivity contribution in [2.45, 2.75) is 32.2 Å². The third-order valence-electron chi connectivity index (χ3n) is 4.12. The van der Waals surface area contributed by atoms with Crippen LogP contribution in [0.1, 0.15) is 36.2 Å². The Bertz CT molecular complexity index is 449. The lowest BCUT2D eigenvalue weighted by atomic mass is 9.98. The van der Waals surface area contributed by atoms with Crippen LogP contribution >= 0.6 is 0 Å². The van der Waals surface area contributed by atoms with Crippen LogP contribution in [0.4, 0.5) is 5.82 Å². The molecule has 98 valence electrons. The number of nitrogen functional groups attached to an aromatic ring is 1. The average molecular weight is 249 g/mol. The van der Waals surface area contributed by atoms with E-state index >= 15 is 0 Å². The number of aromatic nitrogens is 2. The number of methoxy groups -OCH3 is 1. The highest BCUT2D eigenvalue weighted by atomic mass is 16.5. The Morgan fingerprint density at radius 1 is 1.50 bits per heavy atom. The highest BCUT2D eigenvalue weighted by molar-refractivity contribution is 5.92. The van der Waals surface area contributed by atoms with Crippen molar-refractivity contribution in [1.29, 1.82) is 0 Å². The number of esters is 1. The van der Waals surface area contributed by atoms with E-state index in [4.69, 9.17) is 5.73 Å². The number of hydrogen-bond acceptors (Lipinski definition) is 4. The molecule has 0 spiro atoms. The van der Waals surface area contributed by atoms with E-state index in [2.05, 4.69) is 9.72 Å². The van der Waals surface area contributed by atoms with E-state index in [1.807, 2.05) is 4.57 Å². The molecule has 2 N–H and O–H groups in total. The first kappa shape index (κ1) is 11.6. The second-order valence-electron chi connectivity index (χ2n) is 5.46. The molecule has 0 aliphatic heterocycles. The molecule has 0 amide bonds. The van der Waals surface area contributed by atoms with Crippen molar-refractivity contribution in [3.63, 3.8) is 0 Å². The molecule has 2 aliphatic rings. The number of nitrogens with two attached hydrogens (primary N) is 1. The molecule has 2 aliphatic carbocycles. The van der Waals surface area contributed by atoms with Crippen LogP contribution in [0, 0.1) is 17.8 Å². The van der Waals surface area contributed by atoms with E-state index in [0.29, 0.717) is 11.7 Å². The van der Waals surface area contributed by atoms with Gasteiger partial charge in [0.25, 0.3) is 0 Å². The molecule has 0 bridgehead atoms. The van der Waals surface area contributed by atoms with Gasteiger partial charge in [0.15, 0.2) is 5.69 Å². The van der Waals surface area contributed by atoms with E-state index in [9.17, 15) is 4.79 Å². The SMILES string of the molecule is COC(=O)c1ncn(CC(C2CC2)C2CC2)c1N. The number of carbonyl (C=O) groups is 1. The Morgan fingerprint density at radius 2 is 2.11 bits per heavy atom. The molecule has 2 saturated carbocycles. The zero-order chi connectivity index (χ0) is 12.7. The minimum atomic E-state index is -0.458. The molecule has 2 fully saturated rings. The van der Waals surface area contributed by atoms with E-state index in [0.717, 1.165) is 18.4 Å². The smallest absolute Gasteiger partial charge is 0.360 e. The zero-order valence-electron chi connectivity index (χ0n) is 10.6. The van der Waals surface area contributed by atoms with Gasteiger partial charge in [0.05, 0.1) is 13.4 Å². The van der Waals surface area contributed by atoms with Gasteiger partial charge in [-0.25, -0.2) is 9.78 Å². The minimum absolute atomic E-state index is 0.239. The van der Waals surface area contributed by atoms with Crippen LogP contribution in [0.5, 0.6) is 0 Å². The molecule has 1 aromatic rings. The molecule has 3 rings (SSSR count). The fraction of sp³-hybridized carbons (Fsp3) is 0.692. The second kappa shape index (κ2) is 4.30. The van der Waals surface area contributed by atoms with Crippen LogP contribution in [-0.4, -0.2) is 22.6 Å². The first-order valence-electron chi connectivity index (χ1n) is 6.59. The Kier molecular flexibility index (Phi) is 2.76. The first-order valence-corrected chi connectivity index (χ1v) is 6.59. The number of ether oxygens (including phenoxy) is 1. The molecule has 5 heteroatoms. The molecular formula is C13H19N3O2. The van der Waals surface area contributed by atoms with Gasteiger partial charge in [-0.05, 0) is 43.4 Å². The molecule has 0 atom stereocenters. The van der Waals surface area contributed by atoms with E-state index < -0.39 is 5.97 Å². The first-order chi connectivity index (χ1) is 8.70. The summed E-state index contributed by atoms with van der Waals surface area (Å²) in [5, 5.41) is 0. The maximum absolute atomic E-state index is 11.4. The maximum Gasteiger partial charge on any atom is 0.360 e. The van der Waals surface area contributed by atoms with Crippen LogP contribution in [0.25, 0.3) is 0 Å². The number of carbonyl (C=O) groups excluding carboxylic acids is 1. The van der Waals surface area contributed by atoms with E-state index in [1.165, 1.54) is 32.8 Å². The Morgan fingerprint density at radius 3 is 2.61 bits per heavy atom. The summed E-state index contributed by atoms with van der Waals surface area (Å²) in [6, 6.07) is 0. The summed E-state index contributed by atoms with van der Waals surface area (Å²) in [4.78, 5) is 15.5. The van der Waals surface area contributed by atoms with Gasteiger partial charge in [0.2, 0.25) is 0 Å². The van der Waals surface area contributed by atoms with Crippen molar-refractivity contribution in [2.75, 3.05) is 12.8 Å². The van der Waals surface area contributed by atoms with Gasteiger partial charge in [-0.1, -0.05) is 0 Å². The van der Waals surface area contributed by atoms with Gasteiger partial charge in [-0.2, -0.15) is 0 Å². The summed E-state index contributed by atoms with van der Waals surface area (Å²) in [6.45, 7) is 0.894. The summed E-state index contributed by atoms with van der Waals surface area (Å²) in [5.41, 5.74) is 6.21. The normalized spacial score (nSPS) is 19.2. The van der Waals surface area contributed by atoms with E-state index in [-0.39, 0.29) is 5.69 Å². The van der Waals surface area contributed by atoms with Crippen LogP contribution in [0.15, 0.2) is 6.33 Å². The Labute approximate surface area is 106 Å². The van der Waals surface area contributed by atoms with E-state index in [1.54, 1.807) is 6.33 Å². The third kappa shape index (κ3) is 2.09. The third-order valence-corrected chi connectivity index (χ3v) is 4.12. The van der Waals surface area contributed by atoms with Crippen molar-refractivity contribution >= 4 is 11.8 Å². The van der Waals surface area contributed by atoms with Crippen LogP contribution < -0.4 is 5.73 Å². The second-order valence-corrected chi connectivity index (χ2v) is 5.46. The minimum Gasteiger partial charge on any atom is -0.464 e. The fourth-order valence-electron chi connectivity index (χ4n) is 2.75. The number of nitrogens with zero attached hydrogens (tertiary/aromatic N) is 2. The Hall–Kier alpha value is -1.52. The quantitative estimate of drug-likeness (QED) is 0.806.